The Kier molecular flexibility index (Phi) is 3.29. The number of aryl methyl sites for hydroxylation is 2. The lowest BCUT2D eigenvalue weighted by Crippen LogP contribution is -2.19. The molecule has 110 valence electrons. The van der Waals surface area contributed by atoms with Gasteiger partial charge in [0.2, 0.25) is 5.89 Å². The number of nitrogens with zero attached hydrogens (tertiary/aromatic N) is 5. The molecule has 0 radical (unpaired) electrons. The molecule has 1 amide bonds. The van der Waals surface area contributed by atoms with Crippen molar-refractivity contribution in [1.82, 2.24) is 30.2 Å². The molecule has 0 atom stereocenters. The Hall–Kier alpha value is -2.49. The van der Waals surface area contributed by atoms with Crippen LogP contribution in [0.5, 0.6) is 0 Å². The molecule has 0 aliphatic rings. The predicted molar refractivity (Wildman–Crippen MR) is 76.1 cm³/mol. The van der Waals surface area contributed by atoms with Crippen molar-refractivity contribution < 1.29 is 9.32 Å². The van der Waals surface area contributed by atoms with Crippen molar-refractivity contribution in [3.8, 4) is 0 Å². The largest absolute Gasteiger partial charge is 0.352 e. The molecule has 0 aromatic carbocycles. The van der Waals surface area contributed by atoms with Crippen LogP contribution in [0.4, 0.5) is 5.13 Å². The molecule has 2 N–H and O–H groups in total. The Morgan fingerprint density at radius 1 is 1.43 bits per heavy atom. The van der Waals surface area contributed by atoms with E-state index in [1.165, 1.54) is 18.4 Å². The van der Waals surface area contributed by atoms with E-state index in [1.54, 1.807) is 4.68 Å². The van der Waals surface area contributed by atoms with Crippen molar-refractivity contribution in [2.75, 3.05) is 12.4 Å². The van der Waals surface area contributed by atoms with E-state index >= 15 is 0 Å². The van der Waals surface area contributed by atoms with Gasteiger partial charge in [-0.25, -0.2) is 9.67 Å². The van der Waals surface area contributed by atoms with Gasteiger partial charge in [0.1, 0.15) is 0 Å². The van der Waals surface area contributed by atoms with Crippen LogP contribution in [-0.2, 0) is 13.6 Å². The van der Waals surface area contributed by atoms with Gasteiger partial charge in [0.25, 0.3) is 11.7 Å². The van der Waals surface area contributed by atoms with Crippen LogP contribution < -0.4 is 10.6 Å². The monoisotopic (exact) mass is 307 g/mol. The molecule has 0 fully saturated rings. The molecule has 0 aliphatic carbocycles. The average Bonchev–Trinajstić information content (AvgIpc) is 3.15. The second-order valence-corrected chi connectivity index (χ2v) is 5.32. The van der Waals surface area contributed by atoms with Crippen molar-refractivity contribution in [2.45, 2.75) is 13.5 Å². The number of hydrogen-bond donors (Lipinski definition) is 2. The van der Waals surface area contributed by atoms with Gasteiger partial charge in [-0.1, -0.05) is 16.5 Å². The first-order chi connectivity index (χ1) is 10.1. The topological polar surface area (TPSA) is 111 Å². The van der Waals surface area contributed by atoms with Crippen LogP contribution in [0.2, 0.25) is 0 Å². The standard InChI is InChI=1S/C11H13N7O2S/c1-5-7-9(18(3)16-5)15-11(21-7)13-4-6-14-8(17-20-6)10(19)12-2/h4H2,1-3H3,(H,12,19)(H,13,15). The van der Waals surface area contributed by atoms with E-state index in [9.17, 15) is 4.79 Å². The smallest absolute Gasteiger partial charge is 0.292 e. The normalized spacial score (nSPS) is 11.0. The second kappa shape index (κ2) is 5.13. The van der Waals surface area contributed by atoms with E-state index in [4.69, 9.17) is 4.52 Å². The first-order valence-electron chi connectivity index (χ1n) is 6.17. The first kappa shape index (κ1) is 13.5. The highest BCUT2D eigenvalue weighted by molar-refractivity contribution is 7.22. The lowest BCUT2D eigenvalue weighted by Gasteiger charge is -1.96. The molecule has 9 nitrogen and oxygen atoms in total. The summed E-state index contributed by atoms with van der Waals surface area (Å²) in [4.78, 5) is 19.7. The van der Waals surface area contributed by atoms with Gasteiger partial charge in [0.05, 0.1) is 16.9 Å². The van der Waals surface area contributed by atoms with E-state index < -0.39 is 0 Å². The van der Waals surface area contributed by atoms with E-state index in [0.29, 0.717) is 12.4 Å². The SMILES string of the molecule is CNC(=O)c1noc(CNc2nc3c(s2)c(C)nn3C)n1. The Bertz CT molecular complexity index is 768. The number of anilines is 1. The molecule has 3 aromatic rings. The third-order valence-corrected chi connectivity index (χ3v) is 3.94. The summed E-state index contributed by atoms with van der Waals surface area (Å²) < 4.78 is 7.76. The third-order valence-electron chi connectivity index (χ3n) is 2.83. The van der Waals surface area contributed by atoms with Crippen molar-refractivity contribution in [3.05, 3.63) is 17.4 Å². The molecule has 0 spiro atoms. The molecule has 0 saturated heterocycles. The molecule has 0 aliphatic heterocycles. The quantitative estimate of drug-likeness (QED) is 0.729. The van der Waals surface area contributed by atoms with E-state index in [-0.39, 0.29) is 11.7 Å². The average molecular weight is 307 g/mol. The minimum absolute atomic E-state index is 0.0126. The molecule has 21 heavy (non-hydrogen) atoms. The summed E-state index contributed by atoms with van der Waals surface area (Å²) in [6.07, 6.45) is 0. The maximum atomic E-state index is 11.3. The highest BCUT2D eigenvalue weighted by atomic mass is 32.1. The number of carbonyl (C=O) groups is 1. The third kappa shape index (κ3) is 2.44. The highest BCUT2D eigenvalue weighted by Gasteiger charge is 2.14. The van der Waals surface area contributed by atoms with Gasteiger partial charge in [0.15, 0.2) is 10.8 Å². The Balaban J connectivity index is 1.72. The van der Waals surface area contributed by atoms with E-state index in [1.807, 2.05) is 14.0 Å². The van der Waals surface area contributed by atoms with Crippen LogP contribution in [0, 0.1) is 6.92 Å². The van der Waals surface area contributed by atoms with Crippen LogP contribution in [0.1, 0.15) is 22.2 Å². The zero-order chi connectivity index (χ0) is 15.0. The van der Waals surface area contributed by atoms with Crippen molar-refractivity contribution in [3.63, 3.8) is 0 Å². The number of aromatic nitrogens is 5. The second-order valence-electron chi connectivity index (χ2n) is 4.33. The van der Waals surface area contributed by atoms with Crippen LogP contribution in [0.15, 0.2) is 4.52 Å². The lowest BCUT2D eigenvalue weighted by molar-refractivity contribution is 0.0950. The lowest BCUT2D eigenvalue weighted by atomic mass is 10.5. The molecule has 0 saturated carbocycles. The summed E-state index contributed by atoms with van der Waals surface area (Å²) in [6.45, 7) is 2.24. The number of amides is 1. The molecule has 0 unspecified atom stereocenters. The Labute approximate surface area is 123 Å². The minimum Gasteiger partial charge on any atom is -0.352 e. The van der Waals surface area contributed by atoms with Crippen molar-refractivity contribution in [2.24, 2.45) is 7.05 Å². The maximum Gasteiger partial charge on any atom is 0.292 e. The molecule has 10 heteroatoms. The summed E-state index contributed by atoms with van der Waals surface area (Å²) in [5.74, 6) is -0.0481. The summed E-state index contributed by atoms with van der Waals surface area (Å²) in [6, 6.07) is 0. The van der Waals surface area contributed by atoms with Crippen LogP contribution in [0.25, 0.3) is 10.3 Å². The van der Waals surface area contributed by atoms with Gasteiger partial charge in [-0.15, -0.1) is 0 Å². The number of fused-ring (bicyclic) bond motifs is 1. The number of rotatable bonds is 4. The molecule has 3 heterocycles. The Morgan fingerprint density at radius 3 is 2.95 bits per heavy atom. The summed E-state index contributed by atoms with van der Waals surface area (Å²) in [7, 11) is 3.36. The van der Waals surface area contributed by atoms with Crippen molar-refractivity contribution in [1.29, 1.82) is 0 Å². The van der Waals surface area contributed by atoms with E-state index in [2.05, 4.69) is 30.9 Å². The molecular formula is C11H13N7O2S. The fourth-order valence-corrected chi connectivity index (χ4v) is 2.77. The first-order valence-corrected chi connectivity index (χ1v) is 6.99. The van der Waals surface area contributed by atoms with Gasteiger partial charge in [-0.3, -0.25) is 4.79 Å². The van der Waals surface area contributed by atoms with Crippen LogP contribution in [0.3, 0.4) is 0 Å². The predicted octanol–water partition coefficient (Wildman–Crippen LogP) is 0.693. The minimum atomic E-state index is -0.383. The molecular weight excluding hydrogens is 294 g/mol. The van der Waals surface area contributed by atoms with Gasteiger partial charge < -0.3 is 15.2 Å². The molecule has 3 aromatic heterocycles. The maximum absolute atomic E-state index is 11.3. The summed E-state index contributed by atoms with van der Waals surface area (Å²) in [5, 5.41) is 14.2. The van der Waals surface area contributed by atoms with Gasteiger partial charge in [0, 0.05) is 14.1 Å². The summed E-state index contributed by atoms with van der Waals surface area (Å²) in [5.41, 5.74) is 1.77. The number of thiazole rings is 1. The Morgan fingerprint density at radius 2 is 2.24 bits per heavy atom. The van der Waals surface area contributed by atoms with Crippen LogP contribution >= 0.6 is 11.3 Å². The summed E-state index contributed by atoms with van der Waals surface area (Å²) >= 11 is 1.51. The zero-order valence-corrected chi connectivity index (χ0v) is 12.5. The van der Waals surface area contributed by atoms with Crippen molar-refractivity contribution >= 4 is 32.7 Å². The number of carbonyl (C=O) groups excluding carboxylic acids is 1. The van der Waals surface area contributed by atoms with Gasteiger partial charge in [-0.2, -0.15) is 10.1 Å². The molecule has 0 bridgehead atoms. The van der Waals surface area contributed by atoms with Crippen LogP contribution in [-0.4, -0.2) is 37.9 Å². The molecule has 3 rings (SSSR count). The number of nitrogens with one attached hydrogen (secondary N) is 2. The highest BCUT2D eigenvalue weighted by Crippen LogP contribution is 2.28. The van der Waals surface area contributed by atoms with E-state index in [0.717, 1.165) is 21.2 Å². The van der Waals surface area contributed by atoms with Gasteiger partial charge >= 0.3 is 0 Å². The fraction of sp³-hybridized carbons (Fsp3) is 0.364. The zero-order valence-electron chi connectivity index (χ0n) is 11.7. The number of hydrogen-bond acceptors (Lipinski definition) is 8. The van der Waals surface area contributed by atoms with Gasteiger partial charge in [-0.05, 0) is 6.92 Å². The fourth-order valence-electron chi connectivity index (χ4n) is 1.84.